The van der Waals surface area contributed by atoms with E-state index in [1.54, 1.807) is 28.8 Å². The van der Waals surface area contributed by atoms with Crippen LogP contribution >= 0.6 is 0 Å². The van der Waals surface area contributed by atoms with Gasteiger partial charge in [-0.25, -0.2) is 4.79 Å². The summed E-state index contributed by atoms with van der Waals surface area (Å²) in [6, 6.07) is 18.6. The zero-order chi connectivity index (χ0) is 20.0. The summed E-state index contributed by atoms with van der Waals surface area (Å²) in [7, 11) is 0. The van der Waals surface area contributed by atoms with Crippen molar-refractivity contribution in [3.05, 3.63) is 98.3 Å². The van der Waals surface area contributed by atoms with Gasteiger partial charge in [0.25, 0.3) is 5.56 Å². The fourth-order valence-electron chi connectivity index (χ4n) is 4.24. The summed E-state index contributed by atoms with van der Waals surface area (Å²) in [5.74, 6) is -0.109. The molecule has 0 saturated carbocycles. The van der Waals surface area contributed by atoms with E-state index in [9.17, 15) is 14.7 Å². The highest BCUT2D eigenvalue weighted by Crippen LogP contribution is 2.37. The number of hydrogen-bond acceptors (Lipinski definition) is 4. The van der Waals surface area contributed by atoms with Crippen molar-refractivity contribution in [3.63, 3.8) is 0 Å². The first-order valence-corrected chi connectivity index (χ1v) is 9.69. The third kappa shape index (κ3) is 2.78. The van der Waals surface area contributed by atoms with Gasteiger partial charge in [-0.2, -0.15) is 0 Å². The van der Waals surface area contributed by atoms with Crippen molar-refractivity contribution in [3.8, 4) is 16.9 Å². The molecule has 3 heterocycles. The maximum Gasteiger partial charge on any atom is 0.347 e. The molecule has 0 spiro atoms. The monoisotopic (exact) mass is 385 g/mol. The van der Waals surface area contributed by atoms with Crippen molar-refractivity contribution < 1.29 is 9.52 Å². The second-order valence-corrected chi connectivity index (χ2v) is 7.33. The molecule has 0 unspecified atom stereocenters. The van der Waals surface area contributed by atoms with E-state index < -0.39 is 5.63 Å². The fraction of sp³-hybridized carbons (Fsp3) is 0.167. The number of aromatic nitrogens is 1. The number of fused-ring (bicyclic) bond motifs is 3. The molecule has 0 bridgehead atoms. The Bertz CT molecular complexity index is 1340. The van der Waals surface area contributed by atoms with Gasteiger partial charge in [-0.3, -0.25) is 4.79 Å². The Hall–Kier alpha value is -3.60. The van der Waals surface area contributed by atoms with Crippen LogP contribution in [-0.2, 0) is 19.4 Å². The van der Waals surface area contributed by atoms with Crippen molar-refractivity contribution in [1.82, 2.24) is 4.57 Å². The molecule has 5 rings (SSSR count). The molecule has 1 aliphatic heterocycles. The van der Waals surface area contributed by atoms with Crippen LogP contribution in [0.5, 0.6) is 5.75 Å². The Morgan fingerprint density at radius 3 is 2.38 bits per heavy atom. The molecular weight excluding hydrogens is 366 g/mol. The molecule has 0 saturated heterocycles. The Morgan fingerprint density at radius 2 is 1.66 bits per heavy atom. The largest absolute Gasteiger partial charge is 0.506 e. The van der Waals surface area contributed by atoms with Gasteiger partial charge in [-0.1, -0.05) is 60.7 Å². The number of aryl methyl sites for hydroxylation is 1. The first-order chi connectivity index (χ1) is 14.1. The molecule has 4 aromatic rings. The lowest BCUT2D eigenvalue weighted by Gasteiger charge is -2.14. The van der Waals surface area contributed by atoms with Crippen LogP contribution in [0.2, 0.25) is 0 Å². The van der Waals surface area contributed by atoms with Crippen LogP contribution in [0.25, 0.3) is 22.1 Å². The van der Waals surface area contributed by atoms with Crippen LogP contribution in [0.15, 0.2) is 74.7 Å². The van der Waals surface area contributed by atoms with Gasteiger partial charge in [-0.15, -0.1) is 0 Å². The Morgan fingerprint density at radius 1 is 0.966 bits per heavy atom. The van der Waals surface area contributed by atoms with Crippen molar-refractivity contribution in [2.24, 2.45) is 0 Å². The van der Waals surface area contributed by atoms with Crippen LogP contribution in [0, 0.1) is 0 Å². The van der Waals surface area contributed by atoms with Gasteiger partial charge in [-0.05, 0) is 24.0 Å². The van der Waals surface area contributed by atoms with Crippen LogP contribution in [-0.4, -0.2) is 9.67 Å². The number of pyridine rings is 1. The molecule has 0 radical (unpaired) electrons. The fourth-order valence-corrected chi connectivity index (χ4v) is 4.24. The van der Waals surface area contributed by atoms with Crippen molar-refractivity contribution >= 4 is 11.0 Å². The van der Waals surface area contributed by atoms with Crippen molar-refractivity contribution in [1.29, 1.82) is 0 Å². The molecule has 0 atom stereocenters. The lowest BCUT2D eigenvalue weighted by Crippen LogP contribution is -2.25. The van der Waals surface area contributed by atoms with Gasteiger partial charge < -0.3 is 14.1 Å². The molecule has 1 aliphatic rings. The lowest BCUT2D eigenvalue weighted by atomic mass is 9.99. The number of nitrogens with zero attached hydrogens (tertiary/aromatic N) is 1. The average Bonchev–Trinajstić information content (AvgIpc) is 3.22. The van der Waals surface area contributed by atoms with Crippen LogP contribution < -0.4 is 11.2 Å². The summed E-state index contributed by atoms with van der Waals surface area (Å²) in [6.45, 7) is 0.602. The molecule has 1 N–H and O–H groups in total. The van der Waals surface area contributed by atoms with E-state index in [4.69, 9.17) is 4.42 Å². The molecule has 5 heteroatoms. The normalized spacial score (nSPS) is 13.0. The Kier molecular flexibility index (Phi) is 4.09. The van der Waals surface area contributed by atoms with Crippen molar-refractivity contribution in [2.75, 3.05) is 0 Å². The average molecular weight is 385 g/mol. The molecule has 5 nitrogen and oxygen atoms in total. The predicted octanol–water partition coefficient (Wildman–Crippen LogP) is 3.86. The maximum atomic E-state index is 13.2. The van der Waals surface area contributed by atoms with Gasteiger partial charge >= 0.3 is 5.63 Å². The van der Waals surface area contributed by atoms with E-state index in [2.05, 4.69) is 0 Å². The van der Waals surface area contributed by atoms with Crippen LogP contribution in [0.4, 0.5) is 0 Å². The zero-order valence-corrected chi connectivity index (χ0v) is 15.7. The van der Waals surface area contributed by atoms with E-state index in [0.717, 1.165) is 17.7 Å². The molecule has 0 amide bonds. The molecule has 29 heavy (non-hydrogen) atoms. The van der Waals surface area contributed by atoms with Gasteiger partial charge in [0.15, 0.2) is 5.58 Å². The first-order valence-electron chi connectivity index (χ1n) is 9.69. The maximum absolute atomic E-state index is 13.2. The van der Waals surface area contributed by atoms with Crippen LogP contribution in [0.3, 0.4) is 0 Å². The highest BCUT2D eigenvalue weighted by Gasteiger charge is 2.27. The quantitative estimate of drug-likeness (QED) is 0.581. The second kappa shape index (κ2) is 6.78. The van der Waals surface area contributed by atoms with E-state index in [1.165, 1.54) is 0 Å². The number of aromatic hydroxyl groups is 1. The Labute approximate surface area is 166 Å². The highest BCUT2D eigenvalue weighted by atomic mass is 16.4. The molecule has 2 aromatic carbocycles. The highest BCUT2D eigenvalue weighted by molar-refractivity contribution is 5.94. The molecule has 0 aliphatic carbocycles. The topological polar surface area (TPSA) is 72.4 Å². The van der Waals surface area contributed by atoms with E-state index in [-0.39, 0.29) is 22.5 Å². The lowest BCUT2D eigenvalue weighted by molar-refractivity contribution is 0.469. The van der Waals surface area contributed by atoms with Gasteiger partial charge in [0.2, 0.25) is 0 Å². The number of hydrogen-bond donors (Lipinski definition) is 1. The second-order valence-electron chi connectivity index (χ2n) is 7.33. The third-order valence-corrected chi connectivity index (χ3v) is 5.57. The molecule has 144 valence electrons. The van der Waals surface area contributed by atoms with E-state index >= 15 is 0 Å². The number of benzene rings is 2. The number of rotatable bonds is 3. The van der Waals surface area contributed by atoms with E-state index in [1.807, 2.05) is 36.4 Å². The SMILES string of the molecule is O=c1oc2c(Cc3ccccc3)c(=O)n3c(c2c(O)c1-c1ccccc1)CCC3. The summed E-state index contributed by atoms with van der Waals surface area (Å²) in [5.41, 5.74) is 2.23. The van der Waals surface area contributed by atoms with Gasteiger partial charge in [0.05, 0.1) is 10.9 Å². The minimum atomic E-state index is -0.641. The van der Waals surface area contributed by atoms with E-state index in [0.29, 0.717) is 35.9 Å². The summed E-state index contributed by atoms with van der Waals surface area (Å²) in [5, 5.41) is 11.6. The third-order valence-electron chi connectivity index (χ3n) is 5.57. The predicted molar refractivity (Wildman–Crippen MR) is 111 cm³/mol. The molecule has 0 fully saturated rings. The molecular formula is C24H19NO4. The van der Waals surface area contributed by atoms with Crippen molar-refractivity contribution in [2.45, 2.75) is 25.8 Å². The first kappa shape index (κ1) is 17.5. The zero-order valence-electron chi connectivity index (χ0n) is 15.7. The standard InChI is InChI=1S/C24H19NO4/c26-21-19(16-10-5-2-6-11-16)24(28)29-22-17(14-15-8-3-1-4-9-15)23(27)25-13-7-12-18(25)20(21)22/h1-6,8-11,26H,7,12-14H2. The summed E-state index contributed by atoms with van der Waals surface area (Å²) in [4.78, 5) is 26.0. The molecule has 2 aromatic heterocycles. The summed E-state index contributed by atoms with van der Waals surface area (Å²) >= 11 is 0. The van der Waals surface area contributed by atoms with Gasteiger partial charge in [0, 0.05) is 18.7 Å². The Balaban J connectivity index is 1.86. The van der Waals surface area contributed by atoms with Gasteiger partial charge in [0.1, 0.15) is 11.3 Å². The smallest absolute Gasteiger partial charge is 0.347 e. The summed E-state index contributed by atoms with van der Waals surface area (Å²) < 4.78 is 7.43. The minimum absolute atomic E-state index is 0.109. The summed E-state index contributed by atoms with van der Waals surface area (Å²) in [6.07, 6.45) is 1.81. The van der Waals surface area contributed by atoms with Crippen LogP contribution in [0.1, 0.15) is 23.2 Å². The minimum Gasteiger partial charge on any atom is -0.506 e.